The van der Waals surface area contributed by atoms with E-state index in [1.165, 1.54) is 28.7 Å². The van der Waals surface area contributed by atoms with Crippen molar-refractivity contribution in [2.75, 3.05) is 0 Å². The Kier molecular flexibility index (Phi) is 3.04. The zero-order valence-electron chi connectivity index (χ0n) is 10.4. The minimum absolute atomic E-state index is 0.380. The Bertz CT molecular complexity index is 303. The van der Waals surface area contributed by atoms with E-state index in [1.54, 1.807) is 0 Å². The fourth-order valence-corrected chi connectivity index (χ4v) is 2.02. The second-order valence-electron chi connectivity index (χ2n) is 5.61. The van der Waals surface area contributed by atoms with Crippen LogP contribution in [-0.4, -0.2) is 0 Å². The van der Waals surface area contributed by atoms with Crippen LogP contribution in [0.4, 0.5) is 0 Å². The maximum Gasteiger partial charge on any atom is -0.0225 e. The van der Waals surface area contributed by atoms with Gasteiger partial charge in [0.25, 0.3) is 0 Å². The quantitative estimate of drug-likeness (QED) is 0.622. The summed E-state index contributed by atoms with van der Waals surface area (Å²) < 4.78 is 0. The number of hydrogen-bond donors (Lipinski definition) is 0. The zero-order chi connectivity index (χ0) is 10.9. The maximum atomic E-state index is 2.30. The lowest BCUT2D eigenvalue weighted by molar-refractivity contribution is 0.409. The average molecular weight is 190 g/mol. The molecule has 0 nitrogen and oxygen atoms in total. The Balaban J connectivity index is 3.09. The van der Waals surface area contributed by atoms with Gasteiger partial charge in [-0.1, -0.05) is 38.5 Å². The van der Waals surface area contributed by atoms with Crippen LogP contribution < -0.4 is 0 Å². The van der Waals surface area contributed by atoms with Crippen molar-refractivity contribution in [3.8, 4) is 0 Å². The van der Waals surface area contributed by atoms with Gasteiger partial charge in [0, 0.05) is 0 Å². The summed E-state index contributed by atoms with van der Waals surface area (Å²) in [5.74, 6) is 0. The van der Waals surface area contributed by atoms with Gasteiger partial charge in [0.05, 0.1) is 0 Å². The summed E-state index contributed by atoms with van der Waals surface area (Å²) in [6.45, 7) is 13.5. The highest BCUT2D eigenvalue weighted by Gasteiger charge is 2.14. The lowest BCUT2D eigenvalue weighted by Gasteiger charge is -2.21. The molecular formula is C14H22. The molecule has 0 aromatic heterocycles. The van der Waals surface area contributed by atoms with Gasteiger partial charge in [0.1, 0.15) is 0 Å². The predicted octanol–water partition coefficient (Wildman–Crippen LogP) is 4.20. The molecule has 0 saturated heterocycles. The summed E-state index contributed by atoms with van der Waals surface area (Å²) in [7, 11) is 0. The first-order chi connectivity index (χ1) is 6.29. The van der Waals surface area contributed by atoms with E-state index in [4.69, 9.17) is 0 Å². The van der Waals surface area contributed by atoms with Crippen LogP contribution in [0.3, 0.4) is 0 Å². The van der Waals surface area contributed by atoms with Crippen molar-refractivity contribution in [3.05, 3.63) is 34.4 Å². The van der Waals surface area contributed by atoms with E-state index < -0.39 is 0 Å². The second kappa shape index (κ2) is 3.76. The summed E-state index contributed by atoms with van der Waals surface area (Å²) in [5.41, 5.74) is 6.17. The van der Waals surface area contributed by atoms with Crippen LogP contribution in [0.2, 0.25) is 0 Å². The molecule has 0 aliphatic heterocycles. The van der Waals surface area contributed by atoms with Crippen molar-refractivity contribution in [1.29, 1.82) is 0 Å². The first kappa shape index (κ1) is 11.3. The first-order valence-electron chi connectivity index (χ1n) is 5.36. The molecule has 0 radical (unpaired) electrons. The topological polar surface area (TPSA) is 0 Å². The van der Waals surface area contributed by atoms with Crippen molar-refractivity contribution in [2.24, 2.45) is 5.41 Å². The summed E-state index contributed by atoms with van der Waals surface area (Å²) >= 11 is 0. The number of rotatable bonds is 1. The van der Waals surface area contributed by atoms with Crippen molar-refractivity contribution in [3.63, 3.8) is 0 Å². The van der Waals surface area contributed by atoms with Gasteiger partial charge in [-0.15, -0.1) is 0 Å². The summed E-state index contributed by atoms with van der Waals surface area (Å²) in [6.07, 6.45) is 1.17. The molecule has 14 heavy (non-hydrogen) atoms. The van der Waals surface area contributed by atoms with Crippen LogP contribution in [0, 0.1) is 26.2 Å². The van der Waals surface area contributed by atoms with Crippen LogP contribution in [0.5, 0.6) is 0 Å². The highest BCUT2D eigenvalue weighted by Crippen LogP contribution is 2.26. The molecule has 0 aliphatic carbocycles. The molecule has 0 heteroatoms. The van der Waals surface area contributed by atoms with E-state index in [2.05, 4.69) is 53.7 Å². The second-order valence-corrected chi connectivity index (χ2v) is 5.61. The van der Waals surface area contributed by atoms with Gasteiger partial charge in [-0.25, -0.2) is 0 Å². The molecule has 0 bridgehead atoms. The molecule has 0 amide bonds. The largest absolute Gasteiger partial charge is 0.0599 e. The van der Waals surface area contributed by atoms with E-state index in [0.717, 1.165) is 0 Å². The van der Waals surface area contributed by atoms with E-state index in [0.29, 0.717) is 5.41 Å². The standard InChI is InChI=1S/C14H22/c1-10-7-11(2)13(12(3)8-10)9-14(4,5)6/h7-8H,9H2,1-6H3. The molecule has 0 saturated carbocycles. The van der Waals surface area contributed by atoms with Gasteiger partial charge >= 0.3 is 0 Å². The smallest absolute Gasteiger partial charge is 0.0225 e. The Morgan fingerprint density at radius 2 is 1.36 bits per heavy atom. The first-order valence-corrected chi connectivity index (χ1v) is 5.36. The fraction of sp³-hybridized carbons (Fsp3) is 0.571. The SMILES string of the molecule is Cc1cc(C)c(CC(C)(C)C)c(C)c1. The Morgan fingerprint density at radius 3 is 1.71 bits per heavy atom. The van der Waals surface area contributed by atoms with E-state index in [-0.39, 0.29) is 0 Å². The van der Waals surface area contributed by atoms with Crippen molar-refractivity contribution in [1.82, 2.24) is 0 Å². The van der Waals surface area contributed by atoms with Gasteiger partial charge in [-0.05, 0) is 49.3 Å². The highest BCUT2D eigenvalue weighted by molar-refractivity contribution is 5.37. The van der Waals surface area contributed by atoms with E-state index in [9.17, 15) is 0 Å². The third kappa shape index (κ3) is 2.87. The minimum atomic E-state index is 0.380. The molecule has 0 aliphatic rings. The Labute approximate surface area is 88.4 Å². The molecule has 0 fully saturated rings. The molecule has 0 atom stereocenters. The molecule has 1 rings (SSSR count). The van der Waals surface area contributed by atoms with Gasteiger partial charge in [0.2, 0.25) is 0 Å². The third-order valence-corrected chi connectivity index (χ3v) is 2.55. The molecule has 0 N–H and O–H groups in total. The Morgan fingerprint density at radius 1 is 0.929 bits per heavy atom. The molecular weight excluding hydrogens is 168 g/mol. The molecule has 78 valence electrons. The van der Waals surface area contributed by atoms with Gasteiger partial charge < -0.3 is 0 Å². The minimum Gasteiger partial charge on any atom is -0.0599 e. The number of hydrogen-bond acceptors (Lipinski definition) is 0. The molecule has 1 aromatic rings. The van der Waals surface area contributed by atoms with E-state index in [1.807, 2.05) is 0 Å². The Hall–Kier alpha value is -0.780. The number of aryl methyl sites for hydroxylation is 3. The van der Waals surface area contributed by atoms with Crippen LogP contribution >= 0.6 is 0 Å². The molecule has 0 spiro atoms. The van der Waals surface area contributed by atoms with Crippen LogP contribution in [0.15, 0.2) is 12.1 Å². The van der Waals surface area contributed by atoms with Crippen LogP contribution in [0.25, 0.3) is 0 Å². The maximum absolute atomic E-state index is 2.30. The molecule has 0 unspecified atom stereocenters. The summed E-state index contributed by atoms with van der Waals surface area (Å²) in [4.78, 5) is 0. The monoisotopic (exact) mass is 190 g/mol. The lowest BCUT2D eigenvalue weighted by atomic mass is 9.84. The van der Waals surface area contributed by atoms with Gasteiger partial charge in [0.15, 0.2) is 0 Å². The van der Waals surface area contributed by atoms with Gasteiger partial charge in [-0.2, -0.15) is 0 Å². The molecule has 0 heterocycles. The van der Waals surface area contributed by atoms with Crippen molar-refractivity contribution < 1.29 is 0 Å². The van der Waals surface area contributed by atoms with E-state index >= 15 is 0 Å². The predicted molar refractivity (Wildman–Crippen MR) is 63.8 cm³/mol. The zero-order valence-corrected chi connectivity index (χ0v) is 10.4. The lowest BCUT2D eigenvalue weighted by Crippen LogP contribution is -2.11. The molecule has 1 aromatic carbocycles. The van der Waals surface area contributed by atoms with Gasteiger partial charge in [-0.3, -0.25) is 0 Å². The number of benzene rings is 1. The normalized spacial score (nSPS) is 11.9. The van der Waals surface area contributed by atoms with Crippen molar-refractivity contribution in [2.45, 2.75) is 48.0 Å². The van der Waals surface area contributed by atoms with Crippen molar-refractivity contribution >= 4 is 0 Å². The summed E-state index contributed by atoms with van der Waals surface area (Å²) in [6, 6.07) is 4.57. The van der Waals surface area contributed by atoms with Crippen LogP contribution in [-0.2, 0) is 6.42 Å². The fourth-order valence-electron chi connectivity index (χ4n) is 2.02. The third-order valence-electron chi connectivity index (χ3n) is 2.55. The highest BCUT2D eigenvalue weighted by atomic mass is 14.2. The van der Waals surface area contributed by atoms with Crippen LogP contribution in [0.1, 0.15) is 43.0 Å². The summed E-state index contributed by atoms with van der Waals surface area (Å²) in [5, 5.41) is 0. The average Bonchev–Trinajstić information content (AvgIpc) is 1.95.